The maximum Gasteiger partial charge on any atom is 0.139 e. The number of benzene rings is 8. The SMILES string of the molecule is c1ccc2c(c1)Oc1ccc(-c3ccc4c(c3)c3ccccc3n4-c3cc(-n4c5ccccc5c5ccccc54)ccn3)cc1C21c2cccnc2-c2ncc(-n3c4ccccc4c4ccccc43)cc21. The van der Waals surface area contributed by atoms with E-state index in [1.165, 1.54) is 32.6 Å². The van der Waals surface area contributed by atoms with Gasteiger partial charge in [0, 0.05) is 67.5 Å². The molecule has 7 heterocycles. The minimum absolute atomic E-state index is 0.784. The molecule has 1 aliphatic carbocycles. The van der Waals surface area contributed by atoms with Crippen LogP contribution in [0.1, 0.15) is 22.3 Å². The fraction of sp³-hybridized carbons (Fsp3) is 0.0156. The van der Waals surface area contributed by atoms with Crippen LogP contribution >= 0.6 is 0 Å². The highest BCUT2D eigenvalue weighted by Gasteiger charge is 2.52. The molecule has 0 saturated heterocycles. The van der Waals surface area contributed by atoms with Gasteiger partial charge in [-0.15, -0.1) is 0 Å². The van der Waals surface area contributed by atoms with Crippen LogP contribution in [-0.2, 0) is 5.41 Å². The first-order valence-corrected chi connectivity index (χ1v) is 24.1. The van der Waals surface area contributed by atoms with Crippen LogP contribution in [0.4, 0.5) is 0 Å². The molecule has 16 rings (SSSR count). The molecular formula is C64H38N6O. The smallest absolute Gasteiger partial charge is 0.139 e. The summed E-state index contributed by atoms with van der Waals surface area (Å²) in [5.41, 5.74) is 16.3. The summed E-state index contributed by atoms with van der Waals surface area (Å²) in [6.45, 7) is 0. The lowest BCUT2D eigenvalue weighted by Gasteiger charge is -2.39. The lowest BCUT2D eigenvalue weighted by molar-refractivity contribution is 0.436. The molecule has 8 aromatic carbocycles. The number of rotatable bonds is 4. The molecule has 330 valence electrons. The summed E-state index contributed by atoms with van der Waals surface area (Å²) < 4.78 is 13.9. The second-order valence-electron chi connectivity index (χ2n) is 18.7. The van der Waals surface area contributed by atoms with Gasteiger partial charge in [-0.1, -0.05) is 127 Å². The number of hydrogen-bond acceptors (Lipinski definition) is 4. The molecule has 0 N–H and O–H groups in total. The molecule has 71 heavy (non-hydrogen) atoms. The van der Waals surface area contributed by atoms with Gasteiger partial charge in [-0.05, 0) is 95.6 Å². The second kappa shape index (κ2) is 14.2. The van der Waals surface area contributed by atoms with Gasteiger partial charge in [-0.25, -0.2) is 4.98 Å². The molecule has 0 fully saturated rings. The summed E-state index contributed by atoms with van der Waals surface area (Å²) in [4.78, 5) is 15.5. The molecule has 14 aromatic rings. The minimum atomic E-state index is -0.784. The molecule has 7 nitrogen and oxygen atoms in total. The third-order valence-electron chi connectivity index (χ3n) is 15.2. The Morgan fingerprint density at radius 1 is 0.324 bits per heavy atom. The van der Waals surface area contributed by atoms with Gasteiger partial charge in [0.15, 0.2) is 0 Å². The van der Waals surface area contributed by atoms with Crippen molar-refractivity contribution in [2.45, 2.75) is 5.41 Å². The van der Waals surface area contributed by atoms with E-state index in [2.05, 4.69) is 226 Å². The molecule has 7 heteroatoms. The van der Waals surface area contributed by atoms with Gasteiger partial charge in [-0.2, -0.15) is 0 Å². The van der Waals surface area contributed by atoms with E-state index in [0.717, 1.165) is 106 Å². The predicted molar refractivity (Wildman–Crippen MR) is 286 cm³/mol. The molecule has 6 aromatic heterocycles. The van der Waals surface area contributed by atoms with Gasteiger partial charge in [0.25, 0.3) is 0 Å². The van der Waals surface area contributed by atoms with Crippen LogP contribution < -0.4 is 4.74 Å². The average molecular weight is 907 g/mol. The van der Waals surface area contributed by atoms with Crippen LogP contribution in [-0.4, -0.2) is 28.7 Å². The lowest BCUT2D eigenvalue weighted by atomic mass is 9.66. The van der Waals surface area contributed by atoms with Crippen molar-refractivity contribution in [2.24, 2.45) is 0 Å². The molecule has 2 aliphatic rings. The Labute approximate surface area is 406 Å². The summed E-state index contributed by atoms with van der Waals surface area (Å²) >= 11 is 0. The molecular weight excluding hydrogens is 869 g/mol. The molecule has 0 radical (unpaired) electrons. The van der Waals surface area contributed by atoms with Crippen LogP contribution in [0.3, 0.4) is 0 Å². The molecule has 1 spiro atoms. The third-order valence-corrected chi connectivity index (χ3v) is 15.2. The van der Waals surface area contributed by atoms with E-state index in [0.29, 0.717) is 0 Å². The van der Waals surface area contributed by atoms with Crippen LogP contribution in [0, 0.1) is 0 Å². The number of aromatic nitrogens is 6. The van der Waals surface area contributed by atoms with Gasteiger partial charge in [0.05, 0.1) is 67.5 Å². The quantitative estimate of drug-likeness (QED) is 0.176. The van der Waals surface area contributed by atoms with Crippen molar-refractivity contribution >= 4 is 65.4 Å². The fourth-order valence-electron chi connectivity index (χ4n) is 12.4. The summed E-state index contributed by atoms with van der Waals surface area (Å²) in [7, 11) is 0. The van der Waals surface area contributed by atoms with Crippen LogP contribution in [0.15, 0.2) is 231 Å². The van der Waals surface area contributed by atoms with Crippen molar-refractivity contribution in [1.82, 2.24) is 28.7 Å². The van der Waals surface area contributed by atoms with E-state index >= 15 is 0 Å². The highest BCUT2D eigenvalue weighted by atomic mass is 16.5. The number of nitrogens with zero attached hydrogens (tertiary/aromatic N) is 6. The van der Waals surface area contributed by atoms with E-state index in [4.69, 9.17) is 19.7 Å². The molecule has 0 bridgehead atoms. The minimum Gasteiger partial charge on any atom is -0.457 e. The Kier molecular flexibility index (Phi) is 7.69. The predicted octanol–water partition coefficient (Wildman–Crippen LogP) is 15.3. The van der Waals surface area contributed by atoms with E-state index in [9.17, 15) is 0 Å². The van der Waals surface area contributed by atoms with Gasteiger partial charge in [0.2, 0.25) is 0 Å². The normalized spacial score (nSPS) is 14.6. The van der Waals surface area contributed by atoms with Gasteiger partial charge in [0.1, 0.15) is 17.3 Å². The third kappa shape index (κ3) is 5.13. The van der Waals surface area contributed by atoms with Crippen LogP contribution in [0.2, 0.25) is 0 Å². The van der Waals surface area contributed by atoms with Gasteiger partial charge >= 0.3 is 0 Å². The fourth-order valence-corrected chi connectivity index (χ4v) is 12.4. The van der Waals surface area contributed by atoms with Crippen molar-refractivity contribution in [3.05, 3.63) is 253 Å². The van der Waals surface area contributed by atoms with E-state index < -0.39 is 5.41 Å². The average Bonchev–Trinajstić information content (AvgIpc) is 4.15. The Bertz CT molecular complexity index is 4490. The molecule has 0 saturated carbocycles. The van der Waals surface area contributed by atoms with E-state index in [1.807, 2.05) is 18.6 Å². The zero-order chi connectivity index (χ0) is 46.4. The first kappa shape index (κ1) is 38.4. The standard InChI is InChI=1S/C64H38N6O/c1-7-21-53-43(14-1)44-15-2-8-22-54(44)68(53)41-31-33-65-61(37-41)70-57-25-11-5-18-47(57)48-34-39(27-29-58(48)70)40-28-30-60-51(35-40)64(49-19-6-12-26-59(49)71-60)50-20-13-32-66-62(50)63-52(64)36-42(38-67-63)69-55-23-9-3-16-45(55)46-17-4-10-24-56(46)69/h1-38H. The Hall–Kier alpha value is -9.59. The van der Waals surface area contributed by atoms with Crippen molar-refractivity contribution in [2.75, 3.05) is 0 Å². The number of ether oxygens (including phenoxy) is 1. The van der Waals surface area contributed by atoms with Crippen LogP contribution in [0.5, 0.6) is 11.5 Å². The molecule has 0 amide bonds. The van der Waals surface area contributed by atoms with Crippen LogP contribution in [0.25, 0.3) is 105 Å². The van der Waals surface area contributed by atoms with E-state index in [1.54, 1.807) is 0 Å². The van der Waals surface area contributed by atoms with Crippen molar-refractivity contribution in [3.8, 4) is 51.2 Å². The maximum atomic E-state index is 6.91. The molecule has 1 unspecified atom stereocenters. The van der Waals surface area contributed by atoms with Crippen molar-refractivity contribution < 1.29 is 4.74 Å². The number of para-hydroxylation sites is 6. The van der Waals surface area contributed by atoms with Crippen molar-refractivity contribution in [1.29, 1.82) is 0 Å². The largest absolute Gasteiger partial charge is 0.457 e. The first-order valence-electron chi connectivity index (χ1n) is 24.1. The van der Waals surface area contributed by atoms with Gasteiger partial charge < -0.3 is 13.9 Å². The number of pyridine rings is 3. The summed E-state index contributed by atoms with van der Waals surface area (Å²) in [6.07, 6.45) is 5.83. The number of hydrogen-bond donors (Lipinski definition) is 0. The number of fused-ring (bicyclic) bond motifs is 18. The topological polar surface area (TPSA) is 62.7 Å². The second-order valence-corrected chi connectivity index (χ2v) is 18.7. The van der Waals surface area contributed by atoms with Gasteiger partial charge in [-0.3, -0.25) is 14.5 Å². The van der Waals surface area contributed by atoms with Crippen molar-refractivity contribution in [3.63, 3.8) is 0 Å². The first-order chi connectivity index (χ1) is 35.2. The Morgan fingerprint density at radius 3 is 1.54 bits per heavy atom. The lowest BCUT2D eigenvalue weighted by Crippen LogP contribution is -2.32. The molecule has 1 atom stereocenters. The maximum absolute atomic E-state index is 6.91. The Morgan fingerprint density at radius 2 is 0.845 bits per heavy atom. The zero-order valence-electron chi connectivity index (χ0n) is 38.0. The summed E-state index contributed by atoms with van der Waals surface area (Å²) in [6, 6.07) is 76.2. The molecule has 1 aliphatic heterocycles. The highest BCUT2D eigenvalue weighted by Crippen LogP contribution is 2.62. The zero-order valence-corrected chi connectivity index (χ0v) is 38.0. The summed E-state index contributed by atoms with van der Waals surface area (Å²) in [5.74, 6) is 2.49. The summed E-state index contributed by atoms with van der Waals surface area (Å²) in [5, 5.41) is 7.19. The van der Waals surface area contributed by atoms with E-state index in [-0.39, 0.29) is 0 Å². The Balaban J connectivity index is 0.893. The monoisotopic (exact) mass is 906 g/mol. The highest BCUT2D eigenvalue weighted by molar-refractivity contribution is 6.12.